The van der Waals surface area contributed by atoms with Crippen LogP contribution in [0.5, 0.6) is 23.0 Å². The van der Waals surface area contributed by atoms with Crippen molar-refractivity contribution in [1.29, 1.82) is 0 Å². The van der Waals surface area contributed by atoms with Gasteiger partial charge < -0.3 is 19.3 Å². The fraction of sp³-hybridized carbons (Fsp3) is 0.368. The van der Waals surface area contributed by atoms with Crippen molar-refractivity contribution in [3.8, 4) is 23.0 Å². The number of hydrogen-bond acceptors (Lipinski definition) is 4. The molecule has 0 saturated heterocycles. The molecule has 1 aliphatic rings. The maximum absolute atomic E-state index is 10.4. The molecule has 4 heteroatoms. The molecule has 0 saturated carbocycles. The first-order valence-electron chi connectivity index (χ1n) is 7.71. The molecule has 0 aliphatic heterocycles. The summed E-state index contributed by atoms with van der Waals surface area (Å²) in [4.78, 5) is 0. The van der Waals surface area contributed by atoms with E-state index in [1.54, 1.807) is 21.3 Å². The molecule has 2 aromatic carbocycles. The first-order valence-corrected chi connectivity index (χ1v) is 7.71. The van der Waals surface area contributed by atoms with E-state index in [1.807, 2.05) is 18.2 Å². The number of benzene rings is 2. The summed E-state index contributed by atoms with van der Waals surface area (Å²) in [5, 5.41) is 10.4. The zero-order chi connectivity index (χ0) is 16.6. The number of phenols is 1. The van der Waals surface area contributed by atoms with Gasteiger partial charge in [0.05, 0.1) is 21.3 Å². The van der Waals surface area contributed by atoms with Crippen LogP contribution in [0.1, 0.15) is 29.5 Å². The third-order valence-corrected chi connectivity index (χ3v) is 4.67. The van der Waals surface area contributed by atoms with Crippen LogP contribution >= 0.6 is 0 Å². The van der Waals surface area contributed by atoms with Gasteiger partial charge in [0.1, 0.15) is 5.75 Å². The minimum atomic E-state index is 0.0707. The maximum Gasteiger partial charge on any atom is 0.201 e. The van der Waals surface area contributed by atoms with Crippen LogP contribution in [0.25, 0.3) is 0 Å². The first kappa shape index (κ1) is 15.5. The number of rotatable bonds is 4. The van der Waals surface area contributed by atoms with E-state index in [1.165, 1.54) is 11.1 Å². The molecular weight excluding hydrogens is 292 g/mol. The lowest BCUT2D eigenvalue weighted by Crippen LogP contribution is -2.07. The van der Waals surface area contributed by atoms with E-state index in [0.29, 0.717) is 17.4 Å². The number of phenolic OH excluding ortho intramolecular Hbond substituents is 1. The van der Waals surface area contributed by atoms with Gasteiger partial charge in [-0.15, -0.1) is 0 Å². The molecule has 0 amide bonds. The lowest BCUT2D eigenvalue weighted by atomic mass is 9.86. The monoisotopic (exact) mass is 314 g/mol. The minimum absolute atomic E-state index is 0.0707. The van der Waals surface area contributed by atoms with Crippen LogP contribution in [0.15, 0.2) is 30.3 Å². The summed E-state index contributed by atoms with van der Waals surface area (Å²) >= 11 is 0. The summed E-state index contributed by atoms with van der Waals surface area (Å²) < 4.78 is 16.0. The first-order chi connectivity index (χ1) is 11.1. The molecule has 4 nitrogen and oxygen atoms in total. The quantitative estimate of drug-likeness (QED) is 0.934. The number of methoxy groups -OCH3 is 3. The molecule has 0 unspecified atom stereocenters. The van der Waals surface area contributed by atoms with E-state index >= 15 is 0 Å². The number of aromatic hydroxyl groups is 1. The van der Waals surface area contributed by atoms with E-state index in [-0.39, 0.29) is 11.7 Å². The van der Waals surface area contributed by atoms with Gasteiger partial charge >= 0.3 is 0 Å². The molecule has 2 atom stereocenters. The van der Waals surface area contributed by atoms with Gasteiger partial charge in [-0.2, -0.15) is 0 Å². The van der Waals surface area contributed by atoms with Gasteiger partial charge in [0.25, 0.3) is 0 Å². The highest BCUT2D eigenvalue weighted by Gasteiger charge is 2.36. The van der Waals surface area contributed by atoms with Gasteiger partial charge in [-0.05, 0) is 41.7 Å². The van der Waals surface area contributed by atoms with Gasteiger partial charge in [0.2, 0.25) is 5.75 Å². The second-order valence-electron chi connectivity index (χ2n) is 5.97. The van der Waals surface area contributed by atoms with Crippen LogP contribution in [-0.2, 0) is 6.42 Å². The van der Waals surface area contributed by atoms with Crippen LogP contribution in [0.3, 0.4) is 0 Å². The zero-order valence-electron chi connectivity index (χ0n) is 13.9. The third-order valence-electron chi connectivity index (χ3n) is 4.67. The van der Waals surface area contributed by atoms with Crippen molar-refractivity contribution in [3.05, 3.63) is 47.0 Å². The molecule has 122 valence electrons. The van der Waals surface area contributed by atoms with E-state index < -0.39 is 0 Å². The molecule has 23 heavy (non-hydrogen) atoms. The Morgan fingerprint density at radius 3 is 2.26 bits per heavy atom. The Labute approximate surface area is 136 Å². The second kappa shape index (κ2) is 6.03. The number of ether oxygens (including phenoxy) is 3. The Balaban J connectivity index is 2.13. The lowest BCUT2D eigenvalue weighted by molar-refractivity contribution is 0.336. The van der Waals surface area contributed by atoms with E-state index in [4.69, 9.17) is 14.2 Å². The molecule has 1 N–H and O–H groups in total. The Bertz CT molecular complexity index is 706. The SMILES string of the molecule is COc1ccc([C@@H]2c3c(cc(OC)c(O)c3OC)C[C@@H]2C)cc1. The summed E-state index contributed by atoms with van der Waals surface area (Å²) in [6, 6.07) is 10.0. The van der Waals surface area contributed by atoms with Crippen LogP contribution < -0.4 is 14.2 Å². The molecular formula is C19H22O4. The van der Waals surface area contributed by atoms with Gasteiger partial charge in [-0.3, -0.25) is 0 Å². The highest BCUT2D eigenvalue weighted by Crippen LogP contribution is 2.52. The highest BCUT2D eigenvalue weighted by atomic mass is 16.5. The number of hydrogen-bond donors (Lipinski definition) is 1. The third kappa shape index (κ3) is 2.48. The second-order valence-corrected chi connectivity index (χ2v) is 5.97. The molecule has 1 aliphatic carbocycles. The average Bonchev–Trinajstić information content (AvgIpc) is 2.90. The molecule has 0 aromatic heterocycles. The minimum Gasteiger partial charge on any atom is -0.502 e. The molecule has 0 bridgehead atoms. The summed E-state index contributed by atoms with van der Waals surface area (Å²) in [5.41, 5.74) is 3.42. The normalized spacial score (nSPS) is 19.3. The summed E-state index contributed by atoms with van der Waals surface area (Å²) in [6.45, 7) is 2.22. The summed E-state index contributed by atoms with van der Waals surface area (Å²) in [7, 11) is 4.80. The Morgan fingerprint density at radius 2 is 1.70 bits per heavy atom. The van der Waals surface area contributed by atoms with Crippen LogP contribution in [0.2, 0.25) is 0 Å². The topological polar surface area (TPSA) is 47.9 Å². The molecule has 2 aromatic rings. The van der Waals surface area contributed by atoms with E-state index in [2.05, 4.69) is 19.1 Å². The number of fused-ring (bicyclic) bond motifs is 1. The largest absolute Gasteiger partial charge is 0.502 e. The fourth-order valence-electron chi connectivity index (χ4n) is 3.62. The van der Waals surface area contributed by atoms with Gasteiger partial charge in [0, 0.05) is 11.5 Å². The van der Waals surface area contributed by atoms with Crippen molar-refractivity contribution in [1.82, 2.24) is 0 Å². The predicted molar refractivity (Wildman–Crippen MR) is 88.9 cm³/mol. The Hall–Kier alpha value is -2.36. The standard InChI is InChI=1S/C19H22O4/c1-11-9-13-10-15(22-3)18(20)19(23-4)17(13)16(11)12-5-7-14(21-2)8-6-12/h5-8,10-11,16,20H,9H2,1-4H3/t11-,16+/m0/s1. The summed E-state index contributed by atoms with van der Waals surface area (Å²) in [5.74, 6) is 2.49. The van der Waals surface area contributed by atoms with Crippen molar-refractivity contribution in [3.63, 3.8) is 0 Å². The molecule has 0 heterocycles. The van der Waals surface area contributed by atoms with Crippen molar-refractivity contribution in [2.45, 2.75) is 19.3 Å². The van der Waals surface area contributed by atoms with Crippen molar-refractivity contribution >= 4 is 0 Å². The Kier molecular flexibility index (Phi) is 4.07. The molecule has 3 rings (SSSR count). The average molecular weight is 314 g/mol. The molecule has 0 spiro atoms. The smallest absolute Gasteiger partial charge is 0.201 e. The van der Waals surface area contributed by atoms with Crippen LogP contribution in [0, 0.1) is 5.92 Å². The molecule has 0 fully saturated rings. The summed E-state index contributed by atoms with van der Waals surface area (Å²) in [6.07, 6.45) is 0.930. The van der Waals surface area contributed by atoms with Gasteiger partial charge in [-0.1, -0.05) is 19.1 Å². The van der Waals surface area contributed by atoms with Gasteiger partial charge in [-0.25, -0.2) is 0 Å². The zero-order valence-corrected chi connectivity index (χ0v) is 13.9. The van der Waals surface area contributed by atoms with Crippen molar-refractivity contribution in [2.24, 2.45) is 5.92 Å². The van der Waals surface area contributed by atoms with Crippen LogP contribution in [-0.4, -0.2) is 26.4 Å². The van der Waals surface area contributed by atoms with Gasteiger partial charge in [0.15, 0.2) is 11.5 Å². The van der Waals surface area contributed by atoms with E-state index in [9.17, 15) is 5.11 Å². The highest BCUT2D eigenvalue weighted by molar-refractivity contribution is 5.63. The molecule has 0 radical (unpaired) electrons. The fourth-order valence-corrected chi connectivity index (χ4v) is 3.62. The lowest BCUT2D eigenvalue weighted by Gasteiger charge is -2.21. The van der Waals surface area contributed by atoms with Crippen molar-refractivity contribution in [2.75, 3.05) is 21.3 Å². The van der Waals surface area contributed by atoms with Crippen molar-refractivity contribution < 1.29 is 19.3 Å². The van der Waals surface area contributed by atoms with Crippen LogP contribution in [0.4, 0.5) is 0 Å². The Morgan fingerprint density at radius 1 is 1.00 bits per heavy atom. The van der Waals surface area contributed by atoms with E-state index in [0.717, 1.165) is 17.7 Å². The maximum atomic E-state index is 10.4. The predicted octanol–water partition coefficient (Wildman–Crippen LogP) is 3.74.